The van der Waals surface area contributed by atoms with E-state index in [0.29, 0.717) is 11.2 Å². The van der Waals surface area contributed by atoms with Gasteiger partial charge in [-0.15, -0.1) is 0 Å². The molecule has 0 atom stereocenters. The van der Waals surface area contributed by atoms with Crippen molar-refractivity contribution in [1.82, 2.24) is 14.7 Å². The third-order valence-corrected chi connectivity index (χ3v) is 5.32. The van der Waals surface area contributed by atoms with Crippen LogP contribution in [0.15, 0.2) is 58.1 Å². The zero-order valence-electron chi connectivity index (χ0n) is 17.8. The van der Waals surface area contributed by atoms with Crippen LogP contribution in [0.1, 0.15) is 30.0 Å². The molecule has 0 fully saturated rings. The molecule has 4 aromatic rings. The first kappa shape index (κ1) is 20.5. The zero-order chi connectivity index (χ0) is 22.0. The molecule has 2 heterocycles. The molecule has 0 aliphatic rings. The van der Waals surface area contributed by atoms with Crippen molar-refractivity contribution in [1.29, 1.82) is 0 Å². The van der Waals surface area contributed by atoms with Gasteiger partial charge in [-0.2, -0.15) is 0 Å². The zero-order valence-corrected chi connectivity index (χ0v) is 17.8. The molecular weight excluding hydrogens is 392 g/mol. The molecular formula is C24H24N4O3. The minimum atomic E-state index is -0.353. The smallest absolute Gasteiger partial charge is 0.299 e. The number of hydrogen-bond donors (Lipinski definition) is 1. The topological polar surface area (TPSA) is 90.0 Å². The number of aryl methyl sites for hydroxylation is 4. The van der Waals surface area contributed by atoms with Gasteiger partial charge in [-0.25, -0.2) is 4.98 Å². The SMILES string of the molecule is CCc1ccc(-c2noc3c(=O)n(CCC(=O)Nc4ccc(C)cc4C)cnc23)cc1. The van der Waals surface area contributed by atoms with Gasteiger partial charge in [-0.1, -0.05) is 54.0 Å². The van der Waals surface area contributed by atoms with E-state index in [1.54, 1.807) is 0 Å². The molecule has 1 N–H and O–H groups in total. The monoisotopic (exact) mass is 416 g/mol. The van der Waals surface area contributed by atoms with Gasteiger partial charge < -0.3 is 9.84 Å². The molecule has 2 aromatic heterocycles. The summed E-state index contributed by atoms with van der Waals surface area (Å²) in [6.07, 6.45) is 2.52. The highest BCUT2D eigenvalue weighted by Gasteiger charge is 2.17. The molecule has 0 aliphatic heterocycles. The Balaban J connectivity index is 1.50. The molecule has 2 aromatic carbocycles. The lowest BCUT2D eigenvalue weighted by Gasteiger charge is -2.09. The number of benzene rings is 2. The Morgan fingerprint density at radius 3 is 2.61 bits per heavy atom. The molecule has 7 nitrogen and oxygen atoms in total. The number of nitrogens with one attached hydrogen (secondary N) is 1. The van der Waals surface area contributed by atoms with E-state index in [1.807, 2.05) is 56.3 Å². The average molecular weight is 416 g/mol. The molecule has 4 rings (SSSR count). The lowest BCUT2D eigenvalue weighted by molar-refractivity contribution is -0.116. The fraction of sp³-hybridized carbons (Fsp3) is 0.250. The molecule has 0 unspecified atom stereocenters. The number of fused-ring (bicyclic) bond motifs is 1. The van der Waals surface area contributed by atoms with Gasteiger partial charge in [0.1, 0.15) is 11.2 Å². The lowest BCUT2D eigenvalue weighted by atomic mass is 10.1. The molecule has 1 amide bonds. The van der Waals surface area contributed by atoms with Crippen molar-refractivity contribution in [3.63, 3.8) is 0 Å². The number of hydrogen-bond acceptors (Lipinski definition) is 5. The fourth-order valence-electron chi connectivity index (χ4n) is 3.49. The summed E-state index contributed by atoms with van der Waals surface area (Å²) in [4.78, 5) is 29.5. The first-order valence-corrected chi connectivity index (χ1v) is 10.3. The Morgan fingerprint density at radius 2 is 1.90 bits per heavy atom. The maximum absolute atomic E-state index is 12.8. The summed E-state index contributed by atoms with van der Waals surface area (Å²) < 4.78 is 6.69. The molecule has 0 spiro atoms. The van der Waals surface area contributed by atoms with Gasteiger partial charge in [-0.05, 0) is 37.5 Å². The number of nitrogens with zero attached hydrogens (tertiary/aromatic N) is 3. The Hall–Kier alpha value is -3.74. The van der Waals surface area contributed by atoms with Crippen LogP contribution in [0.5, 0.6) is 0 Å². The first-order valence-electron chi connectivity index (χ1n) is 10.3. The minimum Gasteiger partial charge on any atom is -0.348 e. The van der Waals surface area contributed by atoms with Gasteiger partial charge in [-0.3, -0.25) is 14.2 Å². The highest BCUT2D eigenvalue weighted by atomic mass is 16.5. The van der Waals surface area contributed by atoms with Gasteiger partial charge in [0.15, 0.2) is 0 Å². The van der Waals surface area contributed by atoms with E-state index in [1.165, 1.54) is 16.5 Å². The lowest BCUT2D eigenvalue weighted by Crippen LogP contribution is -2.23. The third kappa shape index (κ3) is 4.26. The molecule has 0 aliphatic carbocycles. The summed E-state index contributed by atoms with van der Waals surface area (Å²) in [5.41, 5.74) is 5.65. The summed E-state index contributed by atoms with van der Waals surface area (Å²) in [5, 5.41) is 6.95. The Labute approximate surface area is 179 Å². The van der Waals surface area contributed by atoms with Crippen molar-refractivity contribution in [3.8, 4) is 11.3 Å². The fourth-order valence-corrected chi connectivity index (χ4v) is 3.49. The molecule has 0 saturated heterocycles. The van der Waals surface area contributed by atoms with Gasteiger partial charge >= 0.3 is 0 Å². The van der Waals surface area contributed by atoms with Crippen molar-refractivity contribution in [2.75, 3.05) is 5.32 Å². The molecule has 0 bridgehead atoms. The van der Waals surface area contributed by atoms with Crippen molar-refractivity contribution in [2.45, 2.75) is 40.2 Å². The standard InChI is InChI=1S/C24H24N4O3/c1-4-17-6-8-18(9-7-17)21-22-23(31-27-21)24(30)28(14-25-22)12-11-20(29)26-19-10-5-15(2)13-16(19)3/h5-10,13-14H,4,11-12H2,1-3H3,(H,26,29). The van der Waals surface area contributed by atoms with Gasteiger partial charge in [0.2, 0.25) is 5.91 Å². The second-order valence-corrected chi connectivity index (χ2v) is 7.62. The van der Waals surface area contributed by atoms with Crippen molar-refractivity contribution < 1.29 is 9.32 Å². The number of aromatic nitrogens is 3. The van der Waals surface area contributed by atoms with Crippen LogP contribution in [0.4, 0.5) is 5.69 Å². The van der Waals surface area contributed by atoms with E-state index in [2.05, 4.69) is 22.4 Å². The number of rotatable bonds is 6. The van der Waals surface area contributed by atoms with Gasteiger partial charge in [0.05, 0.1) is 6.33 Å². The van der Waals surface area contributed by atoms with Crippen LogP contribution >= 0.6 is 0 Å². The number of anilines is 1. The van der Waals surface area contributed by atoms with Gasteiger partial charge in [0.25, 0.3) is 11.1 Å². The van der Waals surface area contributed by atoms with E-state index in [9.17, 15) is 9.59 Å². The Bertz CT molecular complexity index is 1300. The third-order valence-electron chi connectivity index (χ3n) is 5.32. The maximum Gasteiger partial charge on any atom is 0.299 e. The maximum atomic E-state index is 12.8. The summed E-state index contributed by atoms with van der Waals surface area (Å²) in [5.74, 6) is -0.173. The van der Waals surface area contributed by atoms with E-state index in [0.717, 1.165) is 28.8 Å². The van der Waals surface area contributed by atoms with E-state index >= 15 is 0 Å². The summed E-state index contributed by atoms with van der Waals surface area (Å²) in [6, 6.07) is 13.8. The molecule has 158 valence electrons. The highest BCUT2D eigenvalue weighted by Crippen LogP contribution is 2.25. The molecule has 7 heteroatoms. The van der Waals surface area contributed by atoms with Crippen molar-refractivity contribution in [2.24, 2.45) is 0 Å². The second kappa shape index (κ2) is 8.55. The summed E-state index contributed by atoms with van der Waals surface area (Å²) in [7, 11) is 0. The van der Waals surface area contributed by atoms with Crippen LogP contribution in [0.2, 0.25) is 0 Å². The Morgan fingerprint density at radius 1 is 1.13 bits per heavy atom. The number of amides is 1. The quantitative estimate of drug-likeness (QED) is 0.507. The van der Waals surface area contributed by atoms with Crippen LogP contribution in [-0.4, -0.2) is 20.6 Å². The average Bonchev–Trinajstić information content (AvgIpc) is 3.20. The van der Waals surface area contributed by atoms with Crippen LogP contribution in [0, 0.1) is 13.8 Å². The highest BCUT2D eigenvalue weighted by molar-refractivity contribution is 5.91. The van der Waals surface area contributed by atoms with Crippen LogP contribution in [0.3, 0.4) is 0 Å². The predicted molar refractivity (Wildman–Crippen MR) is 120 cm³/mol. The summed E-state index contributed by atoms with van der Waals surface area (Å²) in [6.45, 7) is 6.23. The Kier molecular flexibility index (Phi) is 5.66. The first-order chi connectivity index (χ1) is 15.0. The molecule has 0 saturated carbocycles. The van der Waals surface area contributed by atoms with E-state index in [-0.39, 0.29) is 30.0 Å². The number of carbonyl (C=O) groups excluding carboxylic acids is 1. The van der Waals surface area contributed by atoms with Crippen LogP contribution < -0.4 is 10.9 Å². The van der Waals surface area contributed by atoms with Crippen LogP contribution in [-0.2, 0) is 17.8 Å². The van der Waals surface area contributed by atoms with E-state index < -0.39 is 0 Å². The van der Waals surface area contributed by atoms with Crippen LogP contribution in [0.25, 0.3) is 22.4 Å². The largest absolute Gasteiger partial charge is 0.348 e. The second-order valence-electron chi connectivity index (χ2n) is 7.62. The molecule has 0 radical (unpaired) electrons. The van der Waals surface area contributed by atoms with Crippen molar-refractivity contribution >= 4 is 22.7 Å². The summed E-state index contributed by atoms with van der Waals surface area (Å²) >= 11 is 0. The minimum absolute atomic E-state index is 0.0897. The number of carbonyl (C=O) groups is 1. The van der Waals surface area contributed by atoms with Crippen molar-refractivity contribution in [3.05, 3.63) is 75.8 Å². The van der Waals surface area contributed by atoms with Gasteiger partial charge in [0, 0.05) is 24.2 Å². The molecule has 31 heavy (non-hydrogen) atoms. The van der Waals surface area contributed by atoms with E-state index in [4.69, 9.17) is 4.52 Å². The predicted octanol–water partition coefficient (Wildman–Crippen LogP) is 4.26. The normalized spacial score (nSPS) is 11.1.